The van der Waals surface area contributed by atoms with Crippen molar-refractivity contribution in [3.05, 3.63) is 63.7 Å². The fourth-order valence-corrected chi connectivity index (χ4v) is 3.09. The van der Waals surface area contributed by atoms with Crippen LogP contribution in [0.4, 0.5) is 0 Å². The highest BCUT2D eigenvalue weighted by molar-refractivity contribution is 7.98. The lowest BCUT2D eigenvalue weighted by molar-refractivity contribution is 0.838. The molecule has 0 fully saturated rings. The Morgan fingerprint density at radius 2 is 1.74 bits per heavy atom. The van der Waals surface area contributed by atoms with Gasteiger partial charge in [-0.3, -0.25) is 0 Å². The van der Waals surface area contributed by atoms with E-state index in [4.69, 9.17) is 17.3 Å². The first-order valence-electron chi connectivity index (χ1n) is 6.19. The van der Waals surface area contributed by atoms with Gasteiger partial charge in [0.2, 0.25) is 0 Å². The Kier molecular flexibility index (Phi) is 4.56. The zero-order chi connectivity index (χ0) is 14.0. The van der Waals surface area contributed by atoms with Crippen LogP contribution in [0, 0.1) is 13.8 Å². The number of nitrogens with two attached hydrogens (primary N) is 1. The van der Waals surface area contributed by atoms with Crippen LogP contribution in [-0.2, 0) is 0 Å². The Balaban J connectivity index is 2.50. The normalized spacial score (nSPS) is 12.5. The third-order valence-electron chi connectivity index (χ3n) is 3.36. The molecule has 0 aliphatic rings. The Morgan fingerprint density at radius 3 is 2.42 bits per heavy atom. The molecule has 0 aromatic heterocycles. The first kappa shape index (κ1) is 14.4. The van der Waals surface area contributed by atoms with Gasteiger partial charge in [-0.2, -0.15) is 0 Å². The monoisotopic (exact) mass is 291 g/mol. The predicted molar refractivity (Wildman–Crippen MR) is 85.2 cm³/mol. The molecule has 1 nitrogen and oxygen atoms in total. The molecule has 0 aliphatic heterocycles. The van der Waals surface area contributed by atoms with Crippen LogP contribution in [0.3, 0.4) is 0 Å². The summed E-state index contributed by atoms with van der Waals surface area (Å²) in [6.07, 6.45) is 2.07. The van der Waals surface area contributed by atoms with Crippen LogP contribution in [-0.4, -0.2) is 6.26 Å². The van der Waals surface area contributed by atoms with Crippen molar-refractivity contribution in [2.75, 3.05) is 6.26 Å². The van der Waals surface area contributed by atoms with E-state index in [9.17, 15) is 0 Å². The van der Waals surface area contributed by atoms with Crippen LogP contribution in [0.25, 0.3) is 0 Å². The summed E-state index contributed by atoms with van der Waals surface area (Å²) in [6, 6.07) is 12.3. The Bertz CT molecular complexity index is 595. The van der Waals surface area contributed by atoms with Gasteiger partial charge in [-0.1, -0.05) is 35.9 Å². The average Bonchev–Trinajstić information content (AvgIpc) is 2.42. The van der Waals surface area contributed by atoms with E-state index in [1.807, 2.05) is 25.1 Å². The summed E-state index contributed by atoms with van der Waals surface area (Å²) in [7, 11) is 0. The van der Waals surface area contributed by atoms with Crippen LogP contribution in [0.2, 0.25) is 5.02 Å². The van der Waals surface area contributed by atoms with E-state index in [1.165, 1.54) is 10.5 Å². The van der Waals surface area contributed by atoms with Gasteiger partial charge >= 0.3 is 0 Å². The fourth-order valence-electron chi connectivity index (χ4n) is 2.23. The largest absolute Gasteiger partial charge is 0.320 e. The minimum atomic E-state index is -0.111. The number of thioether (sulfide) groups is 1. The predicted octanol–water partition coefficient (Wildman–Crippen LogP) is 4.73. The Hall–Kier alpha value is -0.960. The van der Waals surface area contributed by atoms with Gasteiger partial charge in [-0.05, 0) is 54.5 Å². The summed E-state index contributed by atoms with van der Waals surface area (Å²) in [5.74, 6) is 0. The van der Waals surface area contributed by atoms with Crippen molar-refractivity contribution in [1.29, 1.82) is 0 Å². The van der Waals surface area contributed by atoms with E-state index >= 15 is 0 Å². The lowest BCUT2D eigenvalue weighted by Crippen LogP contribution is -2.14. The van der Waals surface area contributed by atoms with Gasteiger partial charge in [0.05, 0.1) is 6.04 Å². The molecule has 2 rings (SSSR count). The van der Waals surface area contributed by atoms with Crippen molar-refractivity contribution in [3.63, 3.8) is 0 Å². The maximum Gasteiger partial charge on any atom is 0.0565 e. The fraction of sp³-hybridized carbons (Fsp3) is 0.250. The molecule has 1 unspecified atom stereocenters. The Labute approximate surface area is 124 Å². The minimum Gasteiger partial charge on any atom is -0.320 e. The lowest BCUT2D eigenvalue weighted by Gasteiger charge is -2.19. The molecule has 0 spiro atoms. The second-order valence-electron chi connectivity index (χ2n) is 4.68. The minimum absolute atomic E-state index is 0.111. The van der Waals surface area contributed by atoms with Crippen LogP contribution in [0.15, 0.2) is 41.3 Å². The van der Waals surface area contributed by atoms with Gasteiger partial charge in [-0.15, -0.1) is 11.8 Å². The van der Waals surface area contributed by atoms with Gasteiger partial charge in [0.15, 0.2) is 0 Å². The average molecular weight is 292 g/mol. The molecule has 0 amide bonds. The molecule has 0 saturated heterocycles. The van der Waals surface area contributed by atoms with Gasteiger partial charge in [0.25, 0.3) is 0 Å². The molecule has 19 heavy (non-hydrogen) atoms. The van der Waals surface area contributed by atoms with Gasteiger partial charge < -0.3 is 5.73 Å². The molecular weight excluding hydrogens is 274 g/mol. The second kappa shape index (κ2) is 6.00. The van der Waals surface area contributed by atoms with Crippen LogP contribution >= 0.6 is 23.4 Å². The summed E-state index contributed by atoms with van der Waals surface area (Å²) in [4.78, 5) is 1.22. The number of hydrogen-bond acceptors (Lipinski definition) is 2. The van der Waals surface area contributed by atoms with E-state index in [0.717, 1.165) is 21.7 Å². The van der Waals surface area contributed by atoms with E-state index < -0.39 is 0 Å². The highest BCUT2D eigenvalue weighted by Gasteiger charge is 2.15. The number of benzene rings is 2. The molecule has 3 heteroatoms. The highest BCUT2D eigenvalue weighted by atomic mass is 35.5. The van der Waals surface area contributed by atoms with Crippen molar-refractivity contribution in [3.8, 4) is 0 Å². The maximum atomic E-state index is 6.46. The molecule has 0 aliphatic carbocycles. The molecule has 2 N–H and O–H groups in total. The third-order valence-corrected chi connectivity index (χ3v) is 4.58. The molecule has 0 radical (unpaired) electrons. The van der Waals surface area contributed by atoms with Crippen molar-refractivity contribution in [1.82, 2.24) is 0 Å². The van der Waals surface area contributed by atoms with E-state index in [2.05, 4.69) is 31.4 Å². The van der Waals surface area contributed by atoms with Gasteiger partial charge in [0, 0.05) is 9.92 Å². The SMILES string of the molecule is CSc1ccccc1C(N)c1cc(C)c(Cl)cc1C. The number of aryl methyl sites for hydroxylation is 2. The molecule has 0 heterocycles. The lowest BCUT2D eigenvalue weighted by atomic mass is 9.94. The number of halogens is 1. The van der Waals surface area contributed by atoms with Crippen LogP contribution in [0.1, 0.15) is 28.3 Å². The molecule has 0 saturated carbocycles. The molecule has 100 valence electrons. The molecule has 2 aromatic carbocycles. The maximum absolute atomic E-state index is 6.46. The summed E-state index contributed by atoms with van der Waals surface area (Å²) in [5, 5.41) is 0.798. The Morgan fingerprint density at radius 1 is 1.05 bits per heavy atom. The number of hydrogen-bond donors (Lipinski definition) is 1. The van der Waals surface area contributed by atoms with Crippen molar-refractivity contribution < 1.29 is 0 Å². The van der Waals surface area contributed by atoms with Crippen LogP contribution in [0.5, 0.6) is 0 Å². The van der Waals surface area contributed by atoms with Gasteiger partial charge in [-0.25, -0.2) is 0 Å². The summed E-state index contributed by atoms with van der Waals surface area (Å²) < 4.78 is 0. The summed E-state index contributed by atoms with van der Waals surface area (Å²) in [5.41, 5.74) is 11.0. The van der Waals surface area contributed by atoms with Crippen molar-refractivity contribution in [2.24, 2.45) is 5.73 Å². The van der Waals surface area contributed by atoms with Crippen LogP contribution < -0.4 is 5.73 Å². The smallest absolute Gasteiger partial charge is 0.0565 e. The summed E-state index contributed by atoms with van der Waals surface area (Å²) >= 11 is 7.88. The highest BCUT2D eigenvalue weighted by Crippen LogP contribution is 2.32. The first-order chi connectivity index (χ1) is 9.04. The third kappa shape index (κ3) is 2.97. The molecule has 1 atom stereocenters. The van der Waals surface area contributed by atoms with Gasteiger partial charge in [0.1, 0.15) is 0 Å². The summed E-state index contributed by atoms with van der Waals surface area (Å²) in [6.45, 7) is 4.07. The molecule has 0 bridgehead atoms. The topological polar surface area (TPSA) is 26.0 Å². The zero-order valence-electron chi connectivity index (χ0n) is 11.4. The second-order valence-corrected chi connectivity index (χ2v) is 5.93. The zero-order valence-corrected chi connectivity index (χ0v) is 13.0. The quantitative estimate of drug-likeness (QED) is 0.828. The van der Waals surface area contributed by atoms with E-state index in [-0.39, 0.29) is 6.04 Å². The first-order valence-corrected chi connectivity index (χ1v) is 7.80. The molecule has 2 aromatic rings. The van der Waals surface area contributed by atoms with E-state index in [1.54, 1.807) is 11.8 Å². The molecular formula is C16H18ClNS. The van der Waals surface area contributed by atoms with Crippen molar-refractivity contribution in [2.45, 2.75) is 24.8 Å². The van der Waals surface area contributed by atoms with Crippen molar-refractivity contribution >= 4 is 23.4 Å². The standard InChI is InChI=1S/C16H18ClNS/c1-10-9-14(17)11(2)8-13(10)16(18)12-6-4-5-7-15(12)19-3/h4-9,16H,18H2,1-3H3. The van der Waals surface area contributed by atoms with E-state index in [0.29, 0.717) is 0 Å². The number of rotatable bonds is 3.